The summed E-state index contributed by atoms with van der Waals surface area (Å²) in [5.41, 5.74) is 12.4. The summed E-state index contributed by atoms with van der Waals surface area (Å²) in [5.74, 6) is 0.0341. The molecule has 0 spiro atoms. The molecule has 0 saturated heterocycles. The molecule has 0 radical (unpaired) electrons. The van der Waals surface area contributed by atoms with Crippen LogP contribution in [0.5, 0.6) is 0 Å². The fourth-order valence-corrected chi connectivity index (χ4v) is 2.10. The number of carbonyl (C=O) groups is 1. The van der Waals surface area contributed by atoms with Gasteiger partial charge in [-0.2, -0.15) is 0 Å². The maximum Gasteiger partial charge on any atom is 0.217 e. The highest BCUT2D eigenvalue weighted by Crippen LogP contribution is 2.29. The molecule has 0 aliphatic heterocycles. The van der Waals surface area contributed by atoms with Gasteiger partial charge >= 0.3 is 0 Å². The van der Waals surface area contributed by atoms with Crippen molar-refractivity contribution in [2.75, 3.05) is 5.73 Å². The quantitative estimate of drug-likeness (QED) is 0.903. The molecule has 1 aromatic carbocycles. The van der Waals surface area contributed by atoms with Crippen molar-refractivity contribution in [3.05, 3.63) is 22.2 Å². The number of benzene rings is 1. The minimum Gasteiger partial charge on any atom is -0.370 e. The Hall–Kier alpha value is -1.46. The molecule has 1 amide bonds. The van der Waals surface area contributed by atoms with Crippen molar-refractivity contribution >= 4 is 46.1 Å². The number of primary amides is 1. The van der Waals surface area contributed by atoms with E-state index < -0.39 is 0 Å². The molecule has 0 unspecified atom stereocenters. The van der Waals surface area contributed by atoms with Crippen LogP contribution in [0.2, 0.25) is 10.0 Å². The molecule has 2 aromatic rings. The lowest BCUT2D eigenvalue weighted by atomic mass is 10.3. The molecule has 0 saturated carbocycles. The van der Waals surface area contributed by atoms with Crippen LogP contribution in [0.25, 0.3) is 11.0 Å². The van der Waals surface area contributed by atoms with Crippen LogP contribution in [0.3, 0.4) is 0 Å². The van der Waals surface area contributed by atoms with Crippen LogP contribution in [0.1, 0.15) is 12.8 Å². The summed E-state index contributed by atoms with van der Waals surface area (Å²) in [6, 6.07) is 3.38. The third-order valence-electron chi connectivity index (χ3n) is 2.62. The Balaban J connectivity index is 2.34. The van der Waals surface area contributed by atoms with E-state index in [-0.39, 0.29) is 5.91 Å². The summed E-state index contributed by atoms with van der Waals surface area (Å²) in [6.07, 6.45) is 0.908. The highest BCUT2D eigenvalue weighted by molar-refractivity contribution is 6.42. The van der Waals surface area contributed by atoms with E-state index in [0.717, 1.165) is 5.52 Å². The molecule has 0 aliphatic rings. The monoisotopic (exact) mass is 286 g/mol. The second kappa shape index (κ2) is 5.04. The van der Waals surface area contributed by atoms with Crippen LogP contribution in [-0.4, -0.2) is 15.5 Å². The number of amides is 1. The number of rotatable bonds is 4. The number of aromatic nitrogens is 2. The molecule has 0 bridgehead atoms. The van der Waals surface area contributed by atoms with Gasteiger partial charge < -0.3 is 16.0 Å². The van der Waals surface area contributed by atoms with Gasteiger partial charge in [-0.25, -0.2) is 4.98 Å². The summed E-state index contributed by atoms with van der Waals surface area (Å²) in [4.78, 5) is 14.9. The number of hydrogen-bond acceptors (Lipinski definition) is 3. The van der Waals surface area contributed by atoms with Crippen LogP contribution < -0.4 is 11.5 Å². The van der Waals surface area contributed by atoms with E-state index in [2.05, 4.69) is 4.98 Å². The normalized spacial score (nSPS) is 11.0. The predicted octanol–water partition coefficient (Wildman–Crippen LogP) is 2.19. The Kier molecular flexibility index (Phi) is 3.63. The van der Waals surface area contributed by atoms with E-state index in [1.54, 1.807) is 16.7 Å². The Morgan fingerprint density at radius 2 is 2.00 bits per heavy atom. The van der Waals surface area contributed by atoms with E-state index in [4.69, 9.17) is 34.7 Å². The fourth-order valence-electron chi connectivity index (χ4n) is 1.79. The van der Waals surface area contributed by atoms with Crippen LogP contribution in [-0.2, 0) is 11.3 Å². The van der Waals surface area contributed by atoms with Gasteiger partial charge in [0.2, 0.25) is 11.9 Å². The second-order valence-corrected chi connectivity index (χ2v) is 4.76. The lowest BCUT2D eigenvalue weighted by molar-refractivity contribution is -0.118. The van der Waals surface area contributed by atoms with Crippen molar-refractivity contribution in [3.8, 4) is 0 Å². The van der Waals surface area contributed by atoms with E-state index in [1.165, 1.54) is 0 Å². The topological polar surface area (TPSA) is 86.9 Å². The molecule has 0 aliphatic carbocycles. The largest absolute Gasteiger partial charge is 0.370 e. The van der Waals surface area contributed by atoms with Crippen molar-refractivity contribution in [1.29, 1.82) is 0 Å². The van der Waals surface area contributed by atoms with Crippen molar-refractivity contribution in [2.24, 2.45) is 5.73 Å². The second-order valence-electron chi connectivity index (χ2n) is 3.95. The molecular formula is C11H12Cl2N4O. The molecule has 96 valence electrons. The Morgan fingerprint density at radius 1 is 1.33 bits per heavy atom. The number of halogens is 2. The van der Waals surface area contributed by atoms with Gasteiger partial charge in [0.1, 0.15) is 0 Å². The smallest absolute Gasteiger partial charge is 0.217 e. The third kappa shape index (κ3) is 2.52. The SMILES string of the molecule is NC(=O)CCCn1c(N)nc2cc(Cl)c(Cl)cc21. The molecular weight excluding hydrogens is 275 g/mol. The van der Waals surface area contributed by atoms with Crippen LogP contribution >= 0.6 is 23.2 Å². The van der Waals surface area contributed by atoms with Gasteiger partial charge in [0, 0.05) is 13.0 Å². The molecule has 18 heavy (non-hydrogen) atoms. The van der Waals surface area contributed by atoms with E-state index in [1.807, 2.05) is 0 Å². The van der Waals surface area contributed by atoms with Crippen LogP contribution in [0.4, 0.5) is 5.95 Å². The first kappa shape index (κ1) is 13.0. The average molecular weight is 287 g/mol. The summed E-state index contributed by atoms with van der Waals surface area (Å²) in [6.45, 7) is 0.559. The minimum absolute atomic E-state index is 0.306. The zero-order valence-corrected chi connectivity index (χ0v) is 11.0. The molecule has 2 rings (SSSR count). The molecule has 0 fully saturated rings. The summed E-state index contributed by atoms with van der Waals surface area (Å²) in [5, 5.41) is 0.881. The highest BCUT2D eigenvalue weighted by atomic mass is 35.5. The maximum atomic E-state index is 10.7. The number of nitrogens with two attached hydrogens (primary N) is 2. The minimum atomic E-state index is -0.334. The highest BCUT2D eigenvalue weighted by Gasteiger charge is 2.11. The fraction of sp³-hybridized carbons (Fsp3) is 0.273. The Morgan fingerprint density at radius 3 is 2.67 bits per heavy atom. The van der Waals surface area contributed by atoms with E-state index >= 15 is 0 Å². The van der Waals surface area contributed by atoms with Crippen molar-refractivity contribution in [3.63, 3.8) is 0 Å². The average Bonchev–Trinajstić information content (AvgIpc) is 2.56. The first-order chi connectivity index (χ1) is 8.49. The van der Waals surface area contributed by atoms with Gasteiger partial charge in [-0.15, -0.1) is 0 Å². The molecule has 5 nitrogen and oxygen atoms in total. The number of aryl methyl sites for hydroxylation is 1. The van der Waals surface area contributed by atoms with Gasteiger partial charge in [0.15, 0.2) is 0 Å². The van der Waals surface area contributed by atoms with Gasteiger partial charge in [-0.05, 0) is 18.6 Å². The number of hydrogen-bond donors (Lipinski definition) is 2. The first-order valence-corrected chi connectivity index (χ1v) is 6.13. The molecule has 1 aromatic heterocycles. The van der Waals surface area contributed by atoms with Gasteiger partial charge in [-0.1, -0.05) is 23.2 Å². The lowest BCUT2D eigenvalue weighted by Crippen LogP contribution is -2.12. The number of nitrogen functional groups attached to an aromatic ring is 1. The van der Waals surface area contributed by atoms with Crippen LogP contribution in [0.15, 0.2) is 12.1 Å². The van der Waals surface area contributed by atoms with Gasteiger partial charge in [0.05, 0.1) is 21.1 Å². The lowest BCUT2D eigenvalue weighted by Gasteiger charge is -2.05. The Labute approximate surface area is 114 Å². The number of carbonyl (C=O) groups excluding carboxylic acids is 1. The third-order valence-corrected chi connectivity index (χ3v) is 3.35. The number of anilines is 1. The number of nitrogens with zero attached hydrogens (tertiary/aromatic N) is 2. The number of fused-ring (bicyclic) bond motifs is 1. The van der Waals surface area contributed by atoms with E-state index in [0.29, 0.717) is 40.9 Å². The van der Waals surface area contributed by atoms with Gasteiger partial charge in [0.25, 0.3) is 0 Å². The summed E-state index contributed by atoms with van der Waals surface area (Å²) in [7, 11) is 0. The zero-order chi connectivity index (χ0) is 13.3. The molecule has 7 heteroatoms. The maximum absolute atomic E-state index is 10.7. The zero-order valence-electron chi connectivity index (χ0n) is 9.49. The first-order valence-electron chi connectivity index (χ1n) is 5.38. The standard InChI is InChI=1S/C11H12Cl2N4O/c12-6-4-8-9(5-7(6)13)17(11(15)16-8)3-1-2-10(14)18/h4-5H,1-3H2,(H2,14,18)(H2,15,16). The Bertz CT molecular complexity index is 609. The van der Waals surface area contributed by atoms with E-state index in [9.17, 15) is 4.79 Å². The van der Waals surface area contributed by atoms with Crippen LogP contribution in [0, 0.1) is 0 Å². The van der Waals surface area contributed by atoms with Crippen molar-refractivity contribution < 1.29 is 4.79 Å². The van der Waals surface area contributed by atoms with Gasteiger partial charge in [-0.3, -0.25) is 4.79 Å². The summed E-state index contributed by atoms with van der Waals surface area (Å²) >= 11 is 11.9. The van der Waals surface area contributed by atoms with Crippen molar-refractivity contribution in [2.45, 2.75) is 19.4 Å². The molecule has 4 N–H and O–H groups in total. The van der Waals surface area contributed by atoms with Crippen molar-refractivity contribution in [1.82, 2.24) is 9.55 Å². The molecule has 1 heterocycles. The predicted molar refractivity (Wildman–Crippen MR) is 72.6 cm³/mol. The molecule has 0 atom stereocenters. The summed E-state index contributed by atoms with van der Waals surface area (Å²) < 4.78 is 1.79. The number of imidazole rings is 1.